The van der Waals surface area contributed by atoms with Gasteiger partial charge in [-0.25, -0.2) is 4.39 Å². The van der Waals surface area contributed by atoms with E-state index in [1.807, 2.05) is 6.92 Å². The predicted molar refractivity (Wildman–Crippen MR) is 71.2 cm³/mol. The second kappa shape index (κ2) is 5.10. The third-order valence-corrected chi connectivity index (χ3v) is 4.05. The smallest absolute Gasteiger partial charge is 0.168 e. The van der Waals surface area contributed by atoms with E-state index >= 15 is 0 Å². The number of thiophene rings is 1. The molecule has 0 N–H and O–H groups in total. The van der Waals surface area contributed by atoms with Gasteiger partial charge in [-0.3, -0.25) is 4.79 Å². The standard InChI is InChI=1S/C13H10BrFOS/c1-8-10(7-13(14)17-8)12(16)6-9-4-2-3-5-11(9)15/h2-5,7H,6H2,1H3. The van der Waals surface area contributed by atoms with Gasteiger partial charge in [0, 0.05) is 16.9 Å². The molecular weight excluding hydrogens is 303 g/mol. The lowest BCUT2D eigenvalue weighted by atomic mass is 10.0. The molecule has 88 valence electrons. The summed E-state index contributed by atoms with van der Waals surface area (Å²) in [5.41, 5.74) is 1.12. The Bertz CT molecular complexity index is 562. The number of halogens is 2. The van der Waals surface area contributed by atoms with Crippen molar-refractivity contribution in [3.63, 3.8) is 0 Å². The Morgan fingerprint density at radius 3 is 2.71 bits per heavy atom. The summed E-state index contributed by atoms with van der Waals surface area (Å²) in [7, 11) is 0. The van der Waals surface area contributed by atoms with E-state index in [0.29, 0.717) is 11.1 Å². The summed E-state index contributed by atoms with van der Waals surface area (Å²) in [6.07, 6.45) is 0.108. The molecule has 0 saturated carbocycles. The van der Waals surface area contributed by atoms with Gasteiger partial charge in [0.15, 0.2) is 5.78 Å². The fraction of sp³-hybridized carbons (Fsp3) is 0.154. The highest BCUT2D eigenvalue weighted by molar-refractivity contribution is 9.11. The maximum Gasteiger partial charge on any atom is 0.168 e. The molecule has 0 aliphatic heterocycles. The summed E-state index contributed by atoms with van der Waals surface area (Å²) in [5.74, 6) is -0.373. The van der Waals surface area contributed by atoms with Crippen molar-refractivity contribution in [3.8, 4) is 0 Å². The fourth-order valence-electron chi connectivity index (χ4n) is 1.63. The Kier molecular flexibility index (Phi) is 3.74. The number of aryl methyl sites for hydroxylation is 1. The Hall–Kier alpha value is -1.00. The Morgan fingerprint density at radius 1 is 1.41 bits per heavy atom. The van der Waals surface area contributed by atoms with E-state index in [9.17, 15) is 9.18 Å². The van der Waals surface area contributed by atoms with Gasteiger partial charge in [-0.15, -0.1) is 11.3 Å². The summed E-state index contributed by atoms with van der Waals surface area (Å²) in [6.45, 7) is 1.89. The van der Waals surface area contributed by atoms with E-state index < -0.39 is 0 Å². The van der Waals surface area contributed by atoms with Crippen LogP contribution in [0.2, 0.25) is 0 Å². The zero-order valence-corrected chi connectivity index (χ0v) is 11.6. The van der Waals surface area contributed by atoms with Crippen molar-refractivity contribution in [2.24, 2.45) is 0 Å². The van der Waals surface area contributed by atoms with Gasteiger partial charge < -0.3 is 0 Å². The summed E-state index contributed by atoms with van der Waals surface area (Å²) in [6, 6.07) is 8.17. The van der Waals surface area contributed by atoms with Crippen LogP contribution in [0.4, 0.5) is 4.39 Å². The molecule has 0 amide bonds. The number of Topliss-reactive ketones (excluding diaryl/α,β-unsaturated/α-hetero) is 1. The van der Waals surface area contributed by atoms with E-state index in [-0.39, 0.29) is 18.0 Å². The van der Waals surface area contributed by atoms with Crippen LogP contribution in [0.25, 0.3) is 0 Å². The molecule has 1 aromatic carbocycles. The van der Waals surface area contributed by atoms with Crippen LogP contribution in [0.5, 0.6) is 0 Å². The third kappa shape index (κ3) is 2.82. The Morgan fingerprint density at radius 2 is 2.12 bits per heavy atom. The van der Waals surface area contributed by atoms with Crippen molar-refractivity contribution in [3.05, 3.63) is 55.9 Å². The van der Waals surface area contributed by atoms with E-state index in [1.54, 1.807) is 24.3 Å². The molecule has 0 fully saturated rings. The van der Waals surface area contributed by atoms with Crippen molar-refractivity contribution < 1.29 is 9.18 Å². The van der Waals surface area contributed by atoms with Crippen LogP contribution < -0.4 is 0 Å². The van der Waals surface area contributed by atoms with Gasteiger partial charge in [-0.05, 0) is 40.5 Å². The van der Waals surface area contributed by atoms with Crippen molar-refractivity contribution >= 4 is 33.0 Å². The SMILES string of the molecule is Cc1sc(Br)cc1C(=O)Cc1ccccc1F. The van der Waals surface area contributed by atoms with Gasteiger partial charge in [0.05, 0.1) is 3.79 Å². The lowest BCUT2D eigenvalue weighted by Crippen LogP contribution is -2.05. The number of carbonyl (C=O) groups is 1. The second-order valence-electron chi connectivity index (χ2n) is 3.71. The van der Waals surface area contributed by atoms with Crippen molar-refractivity contribution in [1.82, 2.24) is 0 Å². The fourth-order valence-corrected chi connectivity index (χ4v) is 3.34. The average Bonchev–Trinajstić information content (AvgIpc) is 2.61. The van der Waals surface area contributed by atoms with Gasteiger partial charge in [-0.1, -0.05) is 18.2 Å². The molecular formula is C13H10BrFOS. The van der Waals surface area contributed by atoms with Crippen LogP contribution in [-0.2, 0) is 6.42 Å². The van der Waals surface area contributed by atoms with Crippen molar-refractivity contribution in [2.45, 2.75) is 13.3 Å². The van der Waals surface area contributed by atoms with Gasteiger partial charge >= 0.3 is 0 Å². The molecule has 0 radical (unpaired) electrons. The highest BCUT2D eigenvalue weighted by Gasteiger charge is 2.14. The minimum atomic E-state index is -0.326. The molecule has 0 saturated heterocycles. The molecule has 0 aliphatic rings. The van der Waals surface area contributed by atoms with Crippen LogP contribution in [0.15, 0.2) is 34.1 Å². The zero-order chi connectivity index (χ0) is 12.4. The number of rotatable bonds is 3. The first kappa shape index (κ1) is 12.5. The highest BCUT2D eigenvalue weighted by atomic mass is 79.9. The number of carbonyl (C=O) groups excluding carboxylic acids is 1. The van der Waals surface area contributed by atoms with Crippen LogP contribution in [0.1, 0.15) is 20.8 Å². The molecule has 0 bridgehead atoms. The van der Waals surface area contributed by atoms with Gasteiger partial charge in [-0.2, -0.15) is 0 Å². The third-order valence-electron chi connectivity index (χ3n) is 2.50. The first-order chi connectivity index (χ1) is 8.08. The molecule has 0 aliphatic carbocycles. The van der Waals surface area contributed by atoms with Gasteiger partial charge in [0.2, 0.25) is 0 Å². The number of ketones is 1. The summed E-state index contributed by atoms with van der Waals surface area (Å²) in [4.78, 5) is 13.0. The summed E-state index contributed by atoms with van der Waals surface area (Å²) < 4.78 is 14.3. The Labute approximate surface area is 111 Å². The number of benzene rings is 1. The van der Waals surface area contributed by atoms with Crippen LogP contribution in [-0.4, -0.2) is 5.78 Å². The van der Waals surface area contributed by atoms with Crippen molar-refractivity contribution in [1.29, 1.82) is 0 Å². The van der Waals surface area contributed by atoms with Gasteiger partial charge in [0.1, 0.15) is 5.82 Å². The molecule has 0 spiro atoms. The first-order valence-electron chi connectivity index (χ1n) is 5.10. The van der Waals surface area contributed by atoms with E-state index in [2.05, 4.69) is 15.9 Å². The lowest BCUT2D eigenvalue weighted by molar-refractivity contribution is 0.0991. The predicted octanol–water partition coefficient (Wildman–Crippen LogP) is 4.38. The number of hydrogen-bond acceptors (Lipinski definition) is 2. The summed E-state index contributed by atoms with van der Waals surface area (Å²) in [5, 5.41) is 0. The molecule has 1 aromatic heterocycles. The van der Waals surface area contributed by atoms with E-state index in [4.69, 9.17) is 0 Å². The maximum atomic E-state index is 13.4. The van der Waals surface area contributed by atoms with Crippen molar-refractivity contribution in [2.75, 3.05) is 0 Å². The van der Waals surface area contributed by atoms with Gasteiger partial charge in [0.25, 0.3) is 0 Å². The first-order valence-corrected chi connectivity index (χ1v) is 6.71. The molecule has 1 nitrogen and oxygen atoms in total. The second-order valence-corrected chi connectivity index (χ2v) is 6.35. The lowest BCUT2D eigenvalue weighted by Gasteiger charge is -2.02. The Balaban J connectivity index is 2.23. The maximum absolute atomic E-state index is 13.4. The monoisotopic (exact) mass is 312 g/mol. The molecule has 17 heavy (non-hydrogen) atoms. The van der Waals surface area contributed by atoms with Crippen LogP contribution in [0, 0.1) is 12.7 Å². The number of hydrogen-bond donors (Lipinski definition) is 0. The summed E-state index contributed by atoms with van der Waals surface area (Å²) >= 11 is 4.86. The minimum Gasteiger partial charge on any atom is -0.294 e. The zero-order valence-electron chi connectivity index (χ0n) is 9.17. The molecule has 0 unspecified atom stereocenters. The molecule has 4 heteroatoms. The van der Waals surface area contributed by atoms with Crippen LogP contribution in [0.3, 0.4) is 0 Å². The highest BCUT2D eigenvalue weighted by Crippen LogP contribution is 2.27. The quantitative estimate of drug-likeness (QED) is 0.768. The molecule has 1 heterocycles. The largest absolute Gasteiger partial charge is 0.294 e. The van der Waals surface area contributed by atoms with E-state index in [0.717, 1.165) is 8.66 Å². The van der Waals surface area contributed by atoms with Crippen LogP contribution >= 0.6 is 27.3 Å². The topological polar surface area (TPSA) is 17.1 Å². The minimum absolute atomic E-state index is 0.0467. The molecule has 0 atom stereocenters. The van der Waals surface area contributed by atoms with E-state index in [1.165, 1.54) is 17.4 Å². The molecule has 2 aromatic rings. The average molecular weight is 313 g/mol. The normalized spacial score (nSPS) is 10.5. The molecule has 2 rings (SSSR count).